The summed E-state index contributed by atoms with van der Waals surface area (Å²) >= 11 is 0. The summed E-state index contributed by atoms with van der Waals surface area (Å²) in [5.74, 6) is 0.704. The van der Waals surface area contributed by atoms with Crippen LogP contribution in [0.4, 0.5) is 5.69 Å². The smallest absolute Gasteiger partial charge is 0.253 e. The Balaban J connectivity index is 2.13. The summed E-state index contributed by atoms with van der Waals surface area (Å²) in [7, 11) is 0. The number of benzene rings is 1. The van der Waals surface area contributed by atoms with Crippen LogP contribution in [0.15, 0.2) is 18.2 Å². The minimum absolute atomic E-state index is 0.0694. The number of carbonyl (C=O) groups is 1. The number of amides is 1. The second-order valence-electron chi connectivity index (χ2n) is 6.11. The fraction of sp³-hybridized carbons (Fsp3) is 0.611. The van der Waals surface area contributed by atoms with Crippen LogP contribution in [0.25, 0.3) is 0 Å². The Morgan fingerprint density at radius 3 is 2.71 bits per heavy atom. The predicted molar refractivity (Wildman–Crippen MR) is 88.8 cm³/mol. The molecule has 0 aliphatic heterocycles. The van der Waals surface area contributed by atoms with E-state index in [9.17, 15) is 4.79 Å². The molecule has 2 unspecified atom stereocenters. The van der Waals surface area contributed by atoms with Crippen molar-refractivity contribution in [3.63, 3.8) is 0 Å². The highest BCUT2D eigenvalue weighted by Crippen LogP contribution is 2.27. The van der Waals surface area contributed by atoms with Gasteiger partial charge in [0.05, 0.1) is 5.56 Å². The van der Waals surface area contributed by atoms with Gasteiger partial charge in [-0.1, -0.05) is 37.8 Å². The van der Waals surface area contributed by atoms with Crippen molar-refractivity contribution >= 4 is 11.6 Å². The number of aryl methyl sites for hydroxylation is 1. The van der Waals surface area contributed by atoms with Crippen LogP contribution in [0.5, 0.6) is 0 Å². The molecule has 1 amide bonds. The summed E-state index contributed by atoms with van der Waals surface area (Å²) in [5.41, 5.74) is 2.83. The van der Waals surface area contributed by atoms with E-state index in [1.54, 1.807) is 0 Å². The first-order chi connectivity index (χ1) is 10.2. The van der Waals surface area contributed by atoms with Crippen LogP contribution in [-0.2, 0) is 0 Å². The first-order valence-electron chi connectivity index (χ1n) is 8.31. The highest BCUT2D eigenvalue weighted by Gasteiger charge is 2.26. The molecule has 0 aromatic heterocycles. The summed E-state index contributed by atoms with van der Waals surface area (Å²) in [5, 5.41) is 6.57. The second-order valence-corrected chi connectivity index (χ2v) is 6.11. The molecule has 0 bridgehead atoms. The van der Waals surface area contributed by atoms with Gasteiger partial charge in [-0.2, -0.15) is 0 Å². The molecular weight excluding hydrogens is 260 g/mol. The Bertz CT molecular complexity index is 484. The van der Waals surface area contributed by atoms with Gasteiger partial charge in [0.25, 0.3) is 5.91 Å². The molecule has 1 fully saturated rings. The van der Waals surface area contributed by atoms with E-state index in [1.807, 2.05) is 25.1 Å². The summed E-state index contributed by atoms with van der Waals surface area (Å²) in [4.78, 5) is 12.7. The van der Waals surface area contributed by atoms with Crippen LogP contribution in [-0.4, -0.2) is 18.5 Å². The van der Waals surface area contributed by atoms with Crippen molar-refractivity contribution in [2.24, 2.45) is 5.92 Å². The normalized spacial score (nSPS) is 21.9. The molecule has 1 aliphatic carbocycles. The molecule has 3 heteroatoms. The number of carbonyl (C=O) groups excluding carboxylic acids is 1. The molecule has 21 heavy (non-hydrogen) atoms. The first kappa shape index (κ1) is 15.9. The Morgan fingerprint density at radius 1 is 1.24 bits per heavy atom. The van der Waals surface area contributed by atoms with Crippen molar-refractivity contribution < 1.29 is 4.79 Å². The maximum Gasteiger partial charge on any atom is 0.253 e. The quantitative estimate of drug-likeness (QED) is 0.855. The lowest BCUT2D eigenvalue weighted by Crippen LogP contribution is -2.42. The van der Waals surface area contributed by atoms with E-state index in [2.05, 4.69) is 24.5 Å². The van der Waals surface area contributed by atoms with E-state index in [4.69, 9.17) is 0 Å². The number of rotatable bonds is 5. The average Bonchev–Trinajstić information content (AvgIpc) is 2.49. The molecule has 2 rings (SSSR count). The van der Waals surface area contributed by atoms with Crippen molar-refractivity contribution in [1.29, 1.82) is 0 Å². The maximum atomic E-state index is 12.7. The Morgan fingerprint density at radius 2 is 2.00 bits per heavy atom. The van der Waals surface area contributed by atoms with E-state index in [0.717, 1.165) is 36.2 Å². The number of nitrogens with one attached hydrogen (secondary N) is 2. The molecule has 1 saturated carbocycles. The summed E-state index contributed by atoms with van der Waals surface area (Å²) < 4.78 is 0. The van der Waals surface area contributed by atoms with Gasteiger partial charge in [0.15, 0.2) is 0 Å². The van der Waals surface area contributed by atoms with E-state index >= 15 is 0 Å². The van der Waals surface area contributed by atoms with Crippen molar-refractivity contribution in [3.8, 4) is 0 Å². The van der Waals surface area contributed by atoms with Gasteiger partial charge in [0, 0.05) is 18.3 Å². The van der Waals surface area contributed by atoms with Gasteiger partial charge >= 0.3 is 0 Å². The van der Waals surface area contributed by atoms with Crippen LogP contribution in [0.3, 0.4) is 0 Å². The molecule has 116 valence electrons. The maximum absolute atomic E-state index is 12.7. The molecule has 2 atom stereocenters. The Kier molecular flexibility index (Phi) is 5.66. The third kappa shape index (κ3) is 3.99. The van der Waals surface area contributed by atoms with Crippen LogP contribution >= 0.6 is 0 Å². The zero-order valence-electron chi connectivity index (χ0n) is 13.5. The van der Waals surface area contributed by atoms with Crippen LogP contribution in [0, 0.1) is 12.8 Å². The van der Waals surface area contributed by atoms with Crippen molar-refractivity contribution in [2.45, 2.75) is 58.9 Å². The molecule has 0 radical (unpaired) electrons. The molecule has 0 saturated heterocycles. The standard InChI is InChI=1S/C18H28N2O/c1-4-14-8-6-7-9-16(14)20-18(21)15-12-13(3)10-11-17(15)19-5-2/h10-12,14,16,19H,4-9H2,1-3H3,(H,20,21). The number of hydrogen-bond donors (Lipinski definition) is 2. The Labute approximate surface area is 128 Å². The van der Waals surface area contributed by atoms with Crippen LogP contribution in [0.1, 0.15) is 61.9 Å². The molecule has 0 spiro atoms. The van der Waals surface area contributed by atoms with E-state index < -0.39 is 0 Å². The van der Waals surface area contributed by atoms with Crippen molar-refractivity contribution in [1.82, 2.24) is 5.32 Å². The SMILES string of the molecule is CCNc1ccc(C)cc1C(=O)NC1CCCCC1CC. The lowest BCUT2D eigenvalue weighted by atomic mass is 9.83. The van der Waals surface area contributed by atoms with Crippen LogP contribution in [0.2, 0.25) is 0 Å². The van der Waals surface area contributed by atoms with Gasteiger partial charge in [-0.25, -0.2) is 0 Å². The molecule has 3 nitrogen and oxygen atoms in total. The zero-order valence-corrected chi connectivity index (χ0v) is 13.5. The molecule has 2 N–H and O–H groups in total. The van der Waals surface area contributed by atoms with Gasteiger partial charge in [-0.05, 0) is 44.7 Å². The van der Waals surface area contributed by atoms with Crippen LogP contribution < -0.4 is 10.6 Å². The molecule has 1 aromatic rings. The Hall–Kier alpha value is -1.51. The van der Waals surface area contributed by atoms with Gasteiger partial charge < -0.3 is 10.6 Å². The molecule has 0 heterocycles. The molecular formula is C18H28N2O. The number of hydrogen-bond acceptors (Lipinski definition) is 2. The summed E-state index contributed by atoms with van der Waals surface area (Å²) in [6, 6.07) is 6.37. The van der Waals surface area contributed by atoms with Crippen molar-refractivity contribution in [2.75, 3.05) is 11.9 Å². The number of anilines is 1. The zero-order chi connectivity index (χ0) is 15.2. The summed E-state index contributed by atoms with van der Waals surface area (Å²) in [6.45, 7) is 7.13. The minimum Gasteiger partial charge on any atom is -0.385 e. The highest BCUT2D eigenvalue weighted by atomic mass is 16.1. The second kappa shape index (κ2) is 7.48. The fourth-order valence-corrected chi connectivity index (χ4v) is 3.32. The summed E-state index contributed by atoms with van der Waals surface area (Å²) in [6.07, 6.45) is 6.05. The van der Waals surface area contributed by atoms with Crippen molar-refractivity contribution in [3.05, 3.63) is 29.3 Å². The predicted octanol–water partition coefficient (Wildman–Crippen LogP) is 4.13. The van der Waals surface area contributed by atoms with Gasteiger partial charge in [0.1, 0.15) is 0 Å². The highest BCUT2D eigenvalue weighted by molar-refractivity contribution is 6.00. The van der Waals surface area contributed by atoms with E-state index in [1.165, 1.54) is 19.3 Å². The largest absolute Gasteiger partial charge is 0.385 e. The lowest BCUT2D eigenvalue weighted by molar-refractivity contribution is 0.0905. The third-order valence-electron chi connectivity index (χ3n) is 4.54. The molecule has 1 aromatic carbocycles. The van der Waals surface area contributed by atoms with Gasteiger partial charge in [-0.3, -0.25) is 4.79 Å². The topological polar surface area (TPSA) is 41.1 Å². The average molecular weight is 288 g/mol. The minimum atomic E-state index is 0.0694. The molecule has 1 aliphatic rings. The van der Waals surface area contributed by atoms with Gasteiger partial charge in [0.2, 0.25) is 0 Å². The van der Waals surface area contributed by atoms with E-state index in [-0.39, 0.29) is 5.91 Å². The van der Waals surface area contributed by atoms with E-state index in [0.29, 0.717) is 12.0 Å². The fourth-order valence-electron chi connectivity index (χ4n) is 3.32. The van der Waals surface area contributed by atoms with Gasteiger partial charge in [-0.15, -0.1) is 0 Å². The monoisotopic (exact) mass is 288 g/mol. The lowest BCUT2D eigenvalue weighted by Gasteiger charge is -2.31. The third-order valence-corrected chi connectivity index (χ3v) is 4.54. The first-order valence-corrected chi connectivity index (χ1v) is 8.31.